The molecular weight excluding hydrogens is 342 g/mol. The molecule has 0 radical (unpaired) electrons. The molecule has 26 heavy (non-hydrogen) atoms. The van der Waals surface area contributed by atoms with Crippen LogP contribution in [0.25, 0.3) is 0 Å². The minimum Gasteiger partial charge on any atom is -0.351 e. The minimum absolute atomic E-state index is 0.0499. The molecule has 2 aromatic rings. The maximum atomic E-state index is 13.8. The Balaban J connectivity index is 1.54. The molecule has 0 saturated carbocycles. The van der Waals surface area contributed by atoms with Gasteiger partial charge in [-0.05, 0) is 50.3 Å². The van der Waals surface area contributed by atoms with Crippen LogP contribution in [-0.4, -0.2) is 41.1 Å². The summed E-state index contributed by atoms with van der Waals surface area (Å²) in [4.78, 5) is 17.7. The van der Waals surface area contributed by atoms with Crippen LogP contribution in [0.5, 0.6) is 0 Å². The quantitative estimate of drug-likeness (QED) is 0.853. The summed E-state index contributed by atoms with van der Waals surface area (Å²) in [5.74, 6) is -0.604. The summed E-state index contributed by atoms with van der Waals surface area (Å²) >= 11 is 0. The molecule has 1 atom stereocenters. The molecule has 0 aliphatic carbocycles. The highest BCUT2D eigenvalue weighted by molar-refractivity contribution is 5.89. The van der Waals surface area contributed by atoms with Crippen LogP contribution in [0.3, 0.4) is 0 Å². The number of piperidine rings is 1. The van der Waals surface area contributed by atoms with E-state index in [0.717, 1.165) is 32.4 Å². The van der Waals surface area contributed by atoms with Crippen molar-refractivity contribution in [3.05, 3.63) is 47.1 Å². The third-order valence-electron chi connectivity index (χ3n) is 4.72. The Morgan fingerprint density at radius 3 is 2.88 bits per heavy atom. The van der Waals surface area contributed by atoms with Crippen molar-refractivity contribution in [2.75, 3.05) is 20.1 Å². The highest BCUT2D eigenvalue weighted by Gasteiger charge is 2.23. The Labute approximate surface area is 150 Å². The van der Waals surface area contributed by atoms with Crippen molar-refractivity contribution in [2.24, 2.45) is 5.92 Å². The van der Waals surface area contributed by atoms with Gasteiger partial charge in [0.1, 0.15) is 11.6 Å². The Bertz CT molecular complexity index is 745. The van der Waals surface area contributed by atoms with Crippen molar-refractivity contribution in [3.63, 3.8) is 0 Å². The number of hydrogen-bond acceptors (Lipinski definition) is 5. The average molecular weight is 364 g/mol. The van der Waals surface area contributed by atoms with Crippen molar-refractivity contribution in [2.45, 2.75) is 32.2 Å². The van der Waals surface area contributed by atoms with Crippen molar-refractivity contribution in [1.29, 1.82) is 0 Å². The fourth-order valence-corrected chi connectivity index (χ4v) is 3.37. The molecule has 2 heterocycles. The second-order valence-electron chi connectivity index (χ2n) is 6.58. The average Bonchev–Trinajstić information content (AvgIpc) is 3.09. The number of nitrogens with one attached hydrogen (secondary N) is 1. The first kappa shape index (κ1) is 18.4. The molecule has 0 bridgehead atoms. The number of likely N-dealkylation sites (tertiary alicyclic amines) is 1. The molecule has 1 aromatic carbocycles. The number of carbonyl (C=O) groups excluding carboxylic acids is 1. The van der Waals surface area contributed by atoms with Crippen molar-refractivity contribution in [3.8, 4) is 0 Å². The van der Waals surface area contributed by atoms with E-state index in [1.165, 1.54) is 25.2 Å². The summed E-state index contributed by atoms with van der Waals surface area (Å²) in [7, 11) is 1.50. The van der Waals surface area contributed by atoms with Gasteiger partial charge >= 0.3 is 11.8 Å². The van der Waals surface area contributed by atoms with Crippen molar-refractivity contribution in [1.82, 2.24) is 20.4 Å². The van der Waals surface area contributed by atoms with Crippen LogP contribution in [0.4, 0.5) is 8.78 Å². The van der Waals surface area contributed by atoms with Gasteiger partial charge in [-0.2, -0.15) is 4.98 Å². The van der Waals surface area contributed by atoms with E-state index in [2.05, 4.69) is 20.4 Å². The lowest BCUT2D eigenvalue weighted by Crippen LogP contribution is -2.35. The van der Waals surface area contributed by atoms with E-state index in [0.29, 0.717) is 24.7 Å². The molecule has 140 valence electrons. The fourth-order valence-electron chi connectivity index (χ4n) is 3.37. The van der Waals surface area contributed by atoms with Crippen LogP contribution in [0.2, 0.25) is 0 Å². The number of carbonyl (C=O) groups is 1. The molecule has 1 amide bonds. The molecule has 3 rings (SSSR count). The van der Waals surface area contributed by atoms with E-state index in [4.69, 9.17) is 4.52 Å². The molecule has 1 unspecified atom stereocenters. The smallest absolute Gasteiger partial charge is 0.315 e. The summed E-state index contributed by atoms with van der Waals surface area (Å²) in [6, 6.07) is 3.98. The second kappa shape index (κ2) is 8.35. The lowest BCUT2D eigenvalue weighted by Gasteiger charge is -2.31. The molecule has 1 aliphatic rings. The summed E-state index contributed by atoms with van der Waals surface area (Å²) in [5.41, 5.74) is 0.165. The third kappa shape index (κ3) is 4.43. The third-order valence-corrected chi connectivity index (χ3v) is 4.72. The Hall–Kier alpha value is -2.35. The Morgan fingerprint density at radius 2 is 2.15 bits per heavy atom. The molecule has 1 fully saturated rings. The molecule has 0 spiro atoms. The molecule has 6 nitrogen and oxygen atoms in total. The first-order valence-electron chi connectivity index (χ1n) is 8.76. The van der Waals surface area contributed by atoms with Crippen LogP contribution in [-0.2, 0) is 13.0 Å². The van der Waals surface area contributed by atoms with E-state index >= 15 is 0 Å². The van der Waals surface area contributed by atoms with Crippen LogP contribution in [0.1, 0.15) is 41.3 Å². The number of aromatic nitrogens is 2. The number of benzene rings is 1. The van der Waals surface area contributed by atoms with Crippen molar-refractivity contribution < 1.29 is 18.1 Å². The fraction of sp³-hybridized carbons (Fsp3) is 0.500. The van der Waals surface area contributed by atoms with E-state index in [1.54, 1.807) is 0 Å². The normalized spacial score (nSPS) is 18.0. The predicted octanol–water partition coefficient (Wildman–Crippen LogP) is 2.55. The van der Waals surface area contributed by atoms with E-state index in [1.807, 2.05) is 0 Å². The maximum Gasteiger partial charge on any atom is 0.315 e. The summed E-state index contributed by atoms with van der Waals surface area (Å²) < 4.78 is 32.4. The van der Waals surface area contributed by atoms with E-state index in [9.17, 15) is 13.6 Å². The molecular formula is C18H22F2N4O2. The van der Waals surface area contributed by atoms with Crippen molar-refractivity contribution >= 4 is 5.91 Å². The maximum absolute atomic E-state index is 13.8. The van der Waals surface area contributed by atoms with Crippen LogP contribution in [0.15, 0.2) is 22.7 Å². The molecule has 1 aliphatic heterocycles. The van der Waals surface area contributed by atoms with Gasteiger partial charge in [-0.25, -0.2) is 8.78 Å². The second-order valence-corrected chi connectivity index (χ2v) is 6.58. The van der Waals surface area contributed by atoms with Crippen LogP contribution >= 0.6 is 0 Å². The number of nitrogens with zero attached hydrogens (tertiary/aromatic N) is 3. The van der Waals surface area contributed by atoms with Gasteiger partial charge in [-0.15, -0.1) is 0 Å². The van der Waals surface area contributed by atoms with Gasteiger partial charge < -0.3 is 9.84 Å². The molecule has 1 saturated heterocycles. The zero-order chi connectivity index (χ0) is 18.5. The van der Waals surface area contributed by atoms with Gasteiger partial charge in [0.2, 0.25) is 0 Å². The lowest BCUT2D eigenvalue weighted by molar-refractivity contribution is 0.0919. The number of hydrogen-bond donors (Lipinski definition) is 1. The minimum atomic E-state index is -0.480. The number of halogens is 2. The van der Waals surface area contributed by atoms with E-state index in [-0.39, 0.29) is 11.5 Å². The van der Waals surface area contributed by atoms with Gasteiger partial charge in [0, 0.05) is 19.2 Å². The lowest BCUT2D eigenvalue weighted by atomic mass is 9.91. The molecule has 8 heteroatoms. The highest BCUT2D eigenvalue weighted by atomic mass is 19.1. The standard InChI is InChI=1S/C18H22F2N4O2/c1-21-17(25)18-22-16(23-26-18)11-24-9-3-4-12(10-24)7-8-13-14(19)5-2-6-15(13)20/h2,5-6,12H,3-4,7-11H2,1H3,(H,21,25). The highest BCUT2D eigenvalue weighted by Crippen LogP contribution is 2.24. The Morgan fingerprint density at radius 1 is 1.38 bits per heavy atom. The molecule has 1 aromatic heterocycles. The molecule has 1 N–H and O–H groups in total. The van der Waals surface area contributed by atoms with E-state index < -0.39 is 17.5 Å². The zero-order valence-corrected chi connectivity index (χ0v) is 14.7. The SMILES string of the molecule is CNC(=O)c1nc(CN2CCCC(CCc3c(F)cccc3F)C2)no1. The van der Waals surface area contributed by atoms with Crippen LogP contribution in [0, 0.1) is 17.6 Å². The van der Waals surface area contributed by atoms with Crippen LogP contribution < -0.4 is 5.32 Å². The Kier molecular flexibility index (Phi) is 5.92. The van der Waals surface area contributed by atoms with Gasteiger partial charge in [-0.3, -0.25) is 9.69 Å². The number of rotatable bonds is 6. The van der Waals surface area contributed by atoms with Gasteiger partial charge in [-0.1, -0.05) is 11.2 Å². The van der Waals surface area contributed by atoms with Gasteiger partial charge in [0.25, 0.3) is 0 Å². The predicted molar refractivity (Wildman–Crippen MR) is 90.4 cm³/mol. The number of amides is 1. The monoisotopic (exact) mass is 364 g/mol. The van der Waals surface area contributed by atoms with Gasteiger partial charge in [0.15, 0.2) is 5.82 Å². The summed E-state index contributed by atoms with van der Waals surface area (Å²) in [6.07, 6.45) is 3.15. The summed E-state index contributed by atoms with van der Waals surface area (Å²) in [5, 5.41) is 6.27. The zero-order valence-electron chi connectivity index (χ0n) is 14.7. The first-order valence-corrected chi connectivity index (χ1v) is 8.76. The summed E-state index contributed by atoms with van der Waals surface area (Å²) in [6.45, 7) is 2.19. The first-order chi connectivity index (χ1) is 12.6. The topological polar surface area (TPSA) is 71.3 Å². The largest absolute Gasteiger partial charge is 0.351 e. The van der Waals surface area contributed by atoms with Gasteiger partial charge in [0.05, 0.1) is 6.54 Å².